The van der Waals surface area contributed by atoms with E-state index in [0.29, 0.717) is 0 Å². The fourth-order valence-electron chi connectivity index (χ4n) is 2.22. The molecule has 0 aliphatic carbocycles. The molecule has 0 radical (unpaired) electrons. The Morgan fingerprint density at radius 1 is 1.50 bits per heavy atom. The lowest BCUT2D eigenvalue weighted by atomic mass is 10.1. The maximum absolute atomic E-state index is 3.50. The Labute approximate surface area is 111 Å². The molecule has 0 amide bonds. The minimum Gasteiger partial charge on any atom is -0.371 e. The van der Waals surface area contributed by atoms with Crippen molar-refractivity contribution in [1.82, 2.24) is 0 Å². The number of halogens is 1. The first kappa shape index (κ1) is 12.3. The smallest absolute Gasteiger partial charge is 0.0396 e. The molecule has 1 unspecified atom stereocenters. The normalized spacial score (nSPS) is 20.1. The highest BCUT2D eigenvalue weighted by Crippen LogP contribution is 2.28. The highest BCUT2D eigenvalue weighted by molar-refractivity contribution is 9.08. The second kappa shape index (κ2) is 5.46. The topological polar surface area (TPSA) is 3.24 Å². The monoisotopic (exact) mass is 299 g/mol. The maximum atomic E-state index is 3.50. The molecule has 16 heavy (non-hydrogen) atoms. The molecule has 88 valence electrons. The third-order valence-electron chi connectivity index (χ3n) is 3.25. The van der Waals surface area contributed by atoms with Gasteiger partial charge in [0.15, 0.2) is 0 Å². The zero-order valence-corrected chi connectivity index (χ0v) is 12.3. The Kier molecular flexibility index (Phi) is 4.20. The molecule has 2 rings (SSSR count). The number of rotatable bonds is 3. The first-order valence-electron chi connectivity index (χ1n) is 5.68. The Morgan fingerprint density at radius 2 is 2.31 bits per heavy atom. The maximum Gasteiger partial charge on any atom is 0.0396 e. The Bertz CT molecular complexity index is 361. The fourth-order valence-corrected chi connectivity index (χ4v) is 3.84. The summed E-state index contributed by atoms with van der Waals surface area (Å²) in [5.74, 6) is 2.59. The van der Waals surface area contributed by atoms with Crippen LogP contribution in [0.5, 0.6) is 0 Å². The molecule has 0 spiro atoms. The van der Waals surface area contributed by atoms with Crippen molar-refractivity contribution in [3.63, 3.8) is 0 Å². The van der Waals surface area contributed by atoms with Crippen LogP contribution in [-0.4, -0.2) is 24.6 Å². The van der Waals surface area contributed by atoms with Crippen molar-refractivity contribution < 1.29 is 0 Å². The number of hydrogen-bond donors (Lipinski definition) is 0. The molecule has 1 atom stereocenters. The van der Waals surface area contributed by atoms with Crippen LogP contribution in [-0.2, 0) is 5.33 Å². The molecule has 1 nitrogen and oxygen atoms in total. The van der Waals surface area contributed by atoms with Crippen molar-refractivity contribution in [2.45, 2.75) is 24.7 Å². The number of alkyl halides is 1. The lowest BCUT2D eigenvalue weighted by Gasteiger charge is -2.27. The van der Waals surface area contributed by atoms with Gasteiger partial charge in [0.2, 0.25) is 0 Å². The summed E-state index contributed by atoms with van der Waals surface area (Å²) in [7, 11) is 2.23. The van der Waals surface area contributed by atoms with Crippen molar-refractivity contribution >= 4 is 33.4 Å². The third-order valence-corrected chi connectivity index (χ3v) is 5.04. The average Bonchev–Trinajstić information content (AvgIpc) is 2.81. The summed E-state index contributed by atoms with van der Waals surface area (Å²) in [4.78, 5) is 2.45. The standard InChI is InChI=1S/C13H18BrNS/c1-10-7-11(8-14)3-4-13(10)15(2)12-5-6-16-9-12/h3-4,7,12H,5-6,8-9H2,1-2H3. The van der Waals surface area contributed by atoms with Gasteiger partial charge in [0.05, 0.1) is 0 Å². The summed E-state index contributed by atoms with van der Waals surface area (Å²) in [6, 6.07) is 7.48. The van der Waals surface area contributed by atoms with E-state index in [1.54, 1.807) is 0 Å². The van der Waals surface area contributed by atoms with Crippen molar-refractivity contribution in [3.8, 4) is 0 Å². The Balaban J connectivity index is 2.19. The largest absolute Gasteiger partial charge is 0.371 e. The minimum absolute atomic E-state index is 0.721. The van der Waals surface area contributed by atoms with Gasteiger partial charge in [0.1, 0.15) is 0 Å². The molecule has 1 aliphatic heterocycles. The minimum atomic E-state index is 0.721. The van der Waals surface area contributed by atoms with Gasteiger partial charge < -0.3 is 4.90 Å². The van der Waals surface area contributed by atoms with Crippen LogP contribution in [0.1, 0.15) is 17.5 Å². The number of nitrogens with zero attached hydrogens (tertiary/aromatic N) is 1. The average molecular weight is 300 g/mol. The molecule has 1 aromatic rings. The van der Waals surface area contributed by atoms with E-state index in [4.69, 9.17) is 0 Å². The van der Waals surface area contributed by atoms with E-state index < -0.39 is 0 Å². The molecule has 0 N–H and O–H groups in total. The number of thioether (sulfide) groups is 1. The lowest BCUT2D eigenvalue weighted by molar-refractivity contribution is 0.698. The number of anilines is 1. The van der Waals surface area contributed by atoms with Gasteiger partial charge in [-0.15, -0.1) is 0 Å². The first-order valence-corrected chi connectivity index (χ1v) is 7.96. The van der Waals surface area contributed by atoms with Crippen molar-refractivity contribution in [3.05, 3.63) is 29.3 Å². The molecule has 1 fully saturated rings. The lowest BCUT2D eigenvalue weighted by Crippen LogP contribution is -2.31. The molecule has 3 heteroatoms. The second-order valence-electron chi connectivity index (χ2n) is 4.38. The summed E-state index contributed by atoms with van der Waals surface area (Å²) in [5.41, 5.74) is 4.13. The molecule has 1 saturated heterocycles. The van der Waals surface area contributed by atoms with Crippen molar-refractivity contribution in [2.24, 2.45) is 0 Å². The summed E-state index contributed by atoms with van der Waals surface area (Å²) in [5, 5.41) is 0.942. The van der Waals surface area contributed by atoms with Crippen LogP contribution in [0.3, 0.4) is 0 Å². The quantitative estimate of drug-likeness (QED) is 0.781. The number of aryl methyl sites for hydroxylation is 1. The highest BCUT2D eigenvalue weighted by atomic mass is 79.9. The van der Waals surface area contributed by atoms with Gasteiger partial charge >= 0.3 is 0 Å². The highest BCUT2D eigenvalue weighted by Gasteiger charge is 2.21. The number of benzene rings is 1. The van der Waals surface area contributed by atoms with Crippen molar-refractivity contribution in [1.29, 1.82) is 0 Å². The van der Waals surface area contributed by atoms with Gasteiger partial charge in [-0.3, -0.25) is 0 Å². The van der Waals surface area contributed by atoms with E-state index in [1.807, 2.05) is 0 Å². The van der Waals surface area contributed by atoms with Gasteiger partial charge in [0.25, 0.3) is 0 Å². The van der Waals surface area contributed by atoms with Crippen molar-refractivity contribution in [2.75, 3.05) is 23.5 Å². The van der Waals surface area contributed by atoms with Crippen LogP contribution in [0.2, 0.25) is 0 Å². The predicted molar refractivity (Wildman–Crippen MR) is 77.9 cm³/mol. The zero-order valence-electron chi connectivity index (χ0n) is 9.87. The van der Waals surface area contributed by atoms with Gasteiger partial charge in [0, 0.05) is 29.9 Å². The van der Waals surface area contributed by atoms with Crippen LogP contribution in [0.25, 0.3) is 0 Å². The molecule has 1 heterocycles. The van der Waals surface area contributed by atoms with E-state index in [-0.39, 0.29) is 0 Å². The fraction of sp³-hybridized carbons (Fsp3) is 0.538. The van der Waals surface area contributed by atoms with Crippen LogP contribution < -0.4 is 4.90 Å². The van der Waals surface area contributed by atoms with Gasteiger partial charge in [-0.05, 0) is 36.3 Å². The molecular formula is C13H18BrNS. The summed E-state index contributed by atoms with van der Waals surface area (Å²) in [6.07, 6.45) is 1.32. The van der Waals surface area contributed by atoms with Crippen LogP contribution in [0, 0.1) is 6.92 Å². The zero-order chi connectivity index (χ0) is 11.5. The molecule has 0 bridgehead atoms. The molecular weight excluding hydrogens is 282 g/mol. The predicted octanol–water partition coefficient (Wildman–Crippen LogP) is 3.83. The van der Waals surface area contributed by atoms with Gasteiger partial charge in [-0.2, -0.15) is 11.8 Å². The van der Waals surface area contributed by atoms with E-state index in [9.17, 15) is 0 Å². The van der Waals surface area contributed by atoms with Crippen LogP contribution >= 0.6 is 27.7 Å². The van der Waals surface area contributed by atoms with Gasteiger partial charge in [-0.1, -0.05) is 28.1 Å². The molecule has 0 saturated carbocycles. The first-order chi connectivity index (χ1) is 7.72. The van der Waals surface area contributed by atoms with Crippen LogP contribution in [0.4, 0.5) is 5.69 Å². The second-order valence-corrected chi connectivity index (χ2v) is 6.09. The Morgan fingerprint density at radius 3 is 2.88 bits per heavy atom. The summed E-state index contributed by atoms with van der Waals surface area (Å²) >= 11 is 5.57. The van der Waals surface area contributed by atoms with E-state index in [0.717, 1.165) is 11.4 Å². The SMILES string of the molecule is Cc1cc(CBr)ccc1N(C)C1CCSC1. The molecule has 1 aliphatic rings. The van der Waals surface area contributed by atoms with E-state index >= 15 is 0 Å². The third kappa shape index (κ3) is 2.57. The van der Waals surface area contributed by atoms with Gasteiger partial charge in [-0.25, -0.2) is 0 Å². The summed E-state index contributed by atoms with van der Waals surface area (Å²) < 4.78 is 0. The van der Waals surface area contributed by atoms with E-state index in [2.05, 4.69) is 64.8 Å². The summed E-state index contributed by atoms with van der Waals surface area (Å²) in [6.45, 7) is 2.21. The molecule has 0 aromatic heterocycles. The molecule has 1 aromatic carbocycles. The Hall–Kier alpha value is -0.150. The van der Waals surface area contributed by atoms with Crippen LogP contribution in [0.15, 0.2) is 18.2 Å². The van der Waals surface area contributed by atoms with E-state index in [1.165, 1.54) is 34.7 Å². The number of hydrogen-bond acceptors (Lipinski definition) is 2.